The molecule has 5 rings (SSSR count). The van der Waals surface area contributed by atoms with Gasteiger partial charge in [0.1, 0.15) is 5.82 Å². The number of hydrogen-bond acceptors (Lipinski definition) is 8. The number of nitrogens with two attached hydrogens (primary N) is 1. The Bertz CT molecular complexity index is 1070. The smallest absolute Gasteiger partial charge is 0.387 e. The highest BCUT2D eigenvalue weighted by molar-refractivity contribution is 5.68. The van der Waals surface area contributed by atoms with Crippen LogP contribution in [0.4, 0.5) is 35.1 Å². The second-order valence-corrected chi connectivity index (χ2v) is 9.57. The van der Waals surface area contributed by atoms with Crippen molar-refractivity contribution in [1.82, 2.24) is 19.9 Å². The van der Waals surface area contributed by atoms with E-state index in [1.165, 1.54) is 36.4 Å². The number of alkyl halides is 4. The van der Waals surface area contributed by atoms with Crippen molar-refractivity contribution >= 4 is 17.6 Å². The molecule has 0 saturated carbocycles. The Morgan fingerprint density at radius 1 is 1.11 bits per heavy atom. The molecule has 0 radical (unpaired) electrons. The van der Waals surface area contributed by atoms with Crippen LogP contribution in [0, 0.1) is 0 Å². The van der Waals surface area contributed by atoms with E-state index < -0.39 is 19.1 Å². The van der Waals surface area contributed by atoms with Gasteiger partial charge in [0.15, 0.2) is 11.6 Å². The normalized spacial score (nSPS) is 23.1. The van der Waals surface area contributed by atoms with Crippen LogP contribution in [0.25, 0.3) is 11.3 Å². The van der Waals surface area contributed by atoms with Crippen LogP contribution in [-0.4, -0.2) is 77.2 Å². The molecule has 2 aromatic rings. The number of aromatic nitrogens is 3. The van der Waals surface area contributed by atoms with Crippen molar-refractivity contribution < 1.29 is 22.3 Å². The van der Waals surface area contributed by atoms with Crippen molar-refractivity contribution in [1.29, 1.82) is 0 Å². The second kappa shape index (κ2) is 9.29. The Balaban J connectivity index is 1.44. The minimum atomic E-state index is -3.06. The van der Waals surface area contributed by atoms with E-state index in [9.17, 15) is 17.6 Å². The van der Waals surface area contributed by atoms with Gasteiger partial charge in [0.2, 0.25) is 5.95 Å². The van der Waals surface area contributed by atoms with Gasteiger partial charge in [-0.1, -0.05) is 6.42 Å². The molecular formula is C23H29F4N7O. The number of halogens is 4. The molecule has 1 atom stereocenters. The summed E-state index contributed by atoms with van der Waals surface area (Å²) < 4.78 is 57.9. The summed E-state index contributed by atoms with van der Waals surface area (Å²) in [4.78, 5) is 19.1. The van der Waals surface area contributed by atoms with E-state index in [4.69, 9.17) is 5.73 Å². The molecule has 12 heteroatoms. The summed E-state index contributed by atoms with van der Waals surface area (Å²) in [7, 11) is 0. The number of piperidine rings is 1. The maximum atomic E-state index is 13.9. The molecule has 2 N–H and O–H groups in total. The zero-order valence-corrected chi connectivity index (χ0v) is 19.5. The first-order valence-corrected chi connectivity index (χ1v) is 11.9. The van der Waals surface area contributed by atoms with Gasteiger partial charge in [-0.25, -0.2) is 18.7 Å². The number of hydrogen-bond donors (Lipinski definition) is 1. The summed E-state index contributed by atoms with van der Waals surface area (Å²) in [6, 6.07) is 4.01. The molecule has 3 aliphatic heterocycles. The minimum Gasteiger partial charge on any atom is -0.431 e. The minimum absolute atomic E-state index is 0.129. The summed E-state index contributed by atoms with van der Waals surface area (Å²) in [5, 5.41) is 0. The van der Waals surface area contributed by atoms with Gasteiger partial charge in [-0.05, 0) is 32.4 Å². The van der Waals surface area contributed by atoms with Crippen molar-refractivity contribution in [2.24, 2.45) is 0 Å². The van der Waals surface area contributed by atoms with Crippen molar-refractivity contribution in [3.05, 3.63) is 18.3 Å². The lowest BCUT2D eigenvalue weighted by atomic mass is 9.97. The van der Waals surface area contributed by atoms with Gasteiger partial charge >= 0.3 is 6.61 Å². The first kappa shape index (κ1) is 23.8. The van der Waals surface area contributed by atoms with Crippen molar-refractivity contribution in [2.45, 2.75) is 57.2 Å². The largest absolute Gasteiger partial charge is 0.431 e. The predicted octanol–water partition coefficient (Wildman–Crippen LogP) is 3.63. The molecule has 0 bridgehead atoms. The van der Waals surface area contributed by atoms with Crippen LogP contribution in [0.1, 0.15) is 32.6 Å². The van der Waals surface area contributed by atoms with Crippen LogP contribution >= 0.6 is 0 Å². The zero-order chi connectivity index (χ0) is 24.7. The van der Waals surface area contributed by atoms with E-state index in [1.807, 2.05) is 0 Å². The van der Waals surface area contributed by atoms with E-state index in [0.29, 0.717) is 29.2 Å². The van der Waals surface area contributed by atoms with E-state index in [-0.39, 0.29) is 30.5 Å². The summed E-state index contributed by atoms with van der Waals surface area (Å²) in [5.41, 5.74) is 6.43. The number of nitrogen functional groups attached to an aromatic ring is 1. The molecule has 0 aromatic carbocycles. The SMILES string of the molecule is CC1CCCCN1C1CN(c2cc(-c3cnc(N)c(OC(F)F)c3)nc(N3CCC(F)(F)C3)n2)C1. The van der Waals surface area contributed by atoms with Gasteiger partial charge < -0.3 is 20.3 Å². The van der Waals surface area contributed by atoms with E-state index in [0.717, 1.165) is 19.6 Å². The molecule has 3 fully saturated rings. The highest BCUT2D eigenvalue weighted by Crippen LogP contribution is 2.35. The average molecular weight is 496 g/mol. The highest BCUT2D eigenvalue weighted by atomic mass is 19.3. The van der Waals surface area contributed by atoms with Crippen LogP contribution in [0.3, 0.4) is 0 Å². The van der Waals surface area contributed by atoms with Crippen LogP contribution < -0.4 is 20.3 Å². The monoisotopic (exact) mass is 495 g/mol. The van der Waals surface area contributed by atoms with Crippen LogP contribution in [0.15, 0.2) is 18.3 Å². The number of pyridine rings is 1. The van der Waals surface area contributed by atoms with Gasteiger partial charge in [0.05, 0.1) is 12.2 Å². The fraction of sp³-hybridized carbons (Fsp3) is 0.609. The topological polar surface area (TPSA) is 83.6 Å². The Labute approximate surface area is 201 Å². The number of nitrogens with zero attached hydrogens (tertiary/aromatic N) is 6. The highest BCUT2D eigenvalue weighted by Gasteiger charge is 2.40. The number of anilines is 3. The molecular weight excluding hydrogens is 466 g/mol. The summed E-state index contributed by atoms with van der Waals surface area (Å²) >= 11 is 0. The Morgan fingerprint density at radius 2 is 1.91 bits per heavy atom. The molecule has 0 amide bonds. The van der Waals surface area contributed by atoms with Gasteiger partial charge in [-0.2, -0.15) is 13.8 Å². The lowest BCUT2D eigenvalue weighted by Gasteiger charge is -2.49. The number of ether oxygens (including phenoxy) is 1. The van der Waals surface area contributed by atoms with Gasteiger partial charge in [0, 0.05) is 56.0 Å². The Kier molecular flexibility index (Phi) is 6.32. The molecule has 3 saturated heterocycles. The average Bonchev–Trinajstić information content (AvgIpc) is 3.15. The molecule has 2 aromatic heterocycles. The second-order valence-electron chi connectivity index (χ2n) is 9.57. The van der Waals surface area contributed by atoms with Crippen molar-refractivity contribution in [3.8, 4) is 17.0 Å². The third kappa shape index (κ3) is 5.07. The standard InChI is InChI=1S/C23H29F4N7O/c1-14-4-2-3-6-34(14)16-11-33(12-16)19-9-17(15-8-18(35-21(24)25)20(28)29-10-15)30-22(31-19)32-7-5-23(26,27)13-32/h8-10,14,16,21H,2-7,11-13H2,1H3,(H2,28,29). The van der Waals surface area contributed by atoms with Gasteiger partial charge in [-0.3, -0.25) is 4.90 Å². The third-order valence-electron chi connectivity index (χ3n) is 7.06. The zero-order valence-electron chi connectivity index (χ0n) is 19.5. The van der Waals surface area contributed by atoms with Crippen LogP contribution in [-0.2, 0) is 0 Å². The summed E-state index contributed by atoms with van der Waals surface area (Å²) in [6.07, 6.45) is 4.76. The maximum Gasteiger partial charge on any atom is 0.387 e. The van der Waals surface area contributed by atoms with Gasteiger partial charge in [0.25, 0.3) is 5.92 Å². The molecule has 1 unspecified atom stereocenters. The first-order valence-electron chi connectivity index (χ1n) is 11.9. The van der Waals surface area contributed by atoms with E-state index in [2.05, 4.69) is 36.4 Å². The summed E-state index contributed by atoms with van der Waals surface area (Å²) in [6.45, 7) is 1.48. The maximum absolute atomic E-state index is 13.9. The quantitative estimate of drug-likeness (QED) is 0.609. The predicted molar refractivity (Wildman–Crippen MR) is 124 cm³/mol. The van der Waals surface area contributed by atoms with Crippen LogP contribution in [0.2, 0.25) is 0 Å². The summed E-state index contributed by atoms with van der Waals surface area (Å²) in [5.74, 6) is -2.47. The third-order valence-corrected chi connectivity index (χ3v) is 7.06. The van der Waals surface area contributed by atoms with Gasteiger partial charge in [-0.15, -0.1) is 0 Å². The van der Waals surface area contributed by atoms with E-state index in [1.54, 1.807) is 6.07 Å². The number of rotatable bonds is 6. The molecule has 8 nitrogen and oxygen atoms in total. The van der Waals surface area contributed by atoms with Crippen molar-refractivity contribution in [3.63, 3.8) is 0 Å². The van der Waals surface area contributed by atoms with Crippen LogP contribution in [0.5, 0.6) is 5.75 Å². The Morgan fingerprint density at radius 3 is 2.60 bits per heavy atom. The fourth-order valence-corrected chi connectivity index (χ4v) is 5.08. The lowest BCUT2D eigenvalue weighted by molar-refractivity contribution is -0.0494. The number of likely N-dealkylation sites (tertiary alicyclic amines) is 1. The lowest BCUT2D eigenvalue weighted by Crippen LogP contribution is -2.62. The Hall–Kier alpha value is -2.89. The fourth-order valence-electron chi connectivity index (χ4n) is 5.08. The molecule has 5 heterocycles. The van der Waals surface area contributed by atoms with E-state index >= 15 is 0 Å². The molecule has 0 spiro atoms. The van der Waals surface area contributed by atoms with Crippen molar-refractivity contribution in [2.75, 3.05) is 48.3 Å². The first-order chi connectivity index (χ1) is 16.7. The molecule has 0 aliphatic carbocycles. The molecule has 3 aliphatic rings. The molecule has 190 valence electrons. The molecule has 35 heavy (non-hydrogen) atoms.